The molecule has 3 aromatic carbocycles. The van der Waals surface area contributed by atoms with Gasteiger partial charge in [-0.2, -0.15) is 5.10 Å². The van der Waals surface area contributed by atoms with E-state index in [-0.39, 0.29) is 12.0 Å². The van der Waals surface area contributed by atoms with Crippen molar-refractivity contribution in [3.05, 3.63) is 106 Å². The zero-order chi connectivity index (χ0) is 28.8. The van der Waals surface area contributed by atoms with Crippen LogP contribution < -0.4 is 10.6 Å². The maximum Gasteiger partial charge on any atom is 0.412 e. The van der Waals surface area contributed by atoms with Gasteiger partial charge in [0.2, 0.25) is 0 Å². The number of anilines is 1. The Hall–Kier alpha value is -4.63. The highest BCUT2D eigenvalue weighted by molar-refractivity contribution is 6.31. The molecule has 0 bridgehead atoms. The second-order valence-corrected chi connectivity index (χ2v) is 9.67. The number of carboxylic acids is 1. The number of halogens is 1. The van der Waals surface area contributed by atoms with Gasteiger partial charge in [-0.25, -0.2) is 9.59 Å². The van der Waals surface area contributed by atoms with E-state index in [9.17, 15) is 19.5 Å². The Morgan fingerprint density at radius 3 is 2.30 bits per heavy atom. The Kier molecular flexibility index (Phi) is 8.86. The van der Waals surface area contributed by atoms with Gasteiger partial charge in [-0.15, -0.1) is 0 Å². The first-order valence-corrected chi connectivity index (χ1v) is 13.0. The normalized spacial score (nSPS) is 12.3. The average molecular weight is 561 g/mol. The number of hydrogen-bond acceptors (Lipinski definition) is 5. The summed E-state index contributed by atoms with van der Waals surface area (Å²) in [5, 5.41) is 20.0. The number of aromatic nitrogens is 2. The molecular weight excluding hydrogens is 532 g/mol. The second kappa shape index (κ2) is 12.5. The molecule has 0 saturated heterocycles. The third-order valence-corrected chi connectivity index (χ3v) is 6.84. The summed E-state index contributed by atoms with van der Waals surface area (Å²) in [7, 11) is 1.75. The molecule has 0 fully saturated rings. The fourth-order valence-corrected chi connectivity index (χ4v) is 4.48. The third-order valence-electron chi connectivity index (χ3n) is 6.49. The minimum Gasteiger partial charge on any atom is -0.480 e. The van der Waals surface area contributed by atoms with Crippen molar-refractivity contribution in [2.45, 2.75) is 32.4 Å². The maximum atomic E-state index is 12.8. The Bertz CT molecular complexity index is 1520. The molecule has 40 heavy (non-hydrogen) atoms. The molecule has 4 aromatic rings. The van der Waals surface area contributed by atoms with Crippen LogP contribution in [0.25, 0.3) is 11.3 Å². The Morgan fingerprint density at radius 2 is 1.65 bits per heavy atom. The number of nitrogens with zero attached hydrogens (tertiary/aromatic N) is 2. The van der Waals surface area contributed by atoms with Crippen LogP contribution in [0.15, 0.2) is 78.9 Å². The van der Waals surface area contributed by atoms with Crippen molar-refractivity contribution in [1.29, 1.82) is 0 Å². The molecule has 9 nitrogen and oxygen atoms in total. The first-order valence-electron chi connectivity index (χ1n) is 12.6. The monoisotopic (exact) mass is 560 g/mol. The van der Waals surface area contributed by atoms with Crippen molar-refractivity contribution in [1.82, 2.24) is 15.1 Å². The van der Waals surface area contributed by atoms with Crippen LogP contribution in [0.1, 0.15) is 40.2 Å². The Labute approximate surface area is 236 Å². The Balaban J connectivity index is 1.47. The molecule has 1 heterocycles. The molecule has 0 saturated carbocycles. The van der Waals surface area contributed by atoms with Crippen LogP contribution >= 0.6 is 11.6 Å². The van der Waals surface area contributed by atoms with Gasteiger partial charge in [-0.3, -0.25) is 14.8 Å². The summed E-state index contributed by atoms with van der Waals surface area (Å²) in [5.74, 6) is -1.63. The molecule has 0 aliphatic carbocycles. The van der Waals surface area contributed by atoms with E-state index < -0.39 is 30.1 Å². The van der Waals surface area contributed by atoms with Gasteiger partial charge in [-0.05, 0) is 37.6 Å². The molecule has 206 valence electrons. The summed E-state index contributed by atoms with van der Waals surface area (Å²) in [6, 6.07) is 21.7. The number of aryl methyl sites for hydroxylation is 1. The second-order valence-electron chi connectivity index (χ2n) is 9.26. The van der Waals surface area contributed by atoms with Crippen molar-refractivity contribution >= 4 is 35.3 Å². The molecule has 3 N–H and O–H groups in total. The lowest BCUT2D eigenvalue weighted by Crippen LogP contribution is -2.42. The fraction of sp³-hybridized carbons (Fsp3) is 0.200. The fourth-order valence-electron chi connectivity index (χ4n) is 4.19. The highest BCUT2D eigenvalue weighted by atomic mass is 35.5. The van der Waals surface area contributed by atoms with E-state index in [1.165, 1.54) is 0 Å². The van der Waals surface area contributed by atoms with Crippen LogP contribution in [0.4, 0.5) is 10.5 Å². The molecule has 2 amide bonds. The highest BCUT2D eigenvalue weighted by Gasteiger charge is 2.23. The van der Waals surface area contributed by atoms with E-state index in [0.29, 0.717) is 33.2 Å². The number of amides is 2. The van der Waals surface area contributed by atoms with Crippen LogP contribution in [0, 0.1) is 6.92 Å². The summed E-state index contributed by atoms with van der Waals surface area (Å²) < 4.78 is 7.18. The molecule has 1 aromatic heterocycles. The largest absolute Gasteiger partial charge is 0.480 e. The van der Waals surface area contributed by atoms with Gasteiger partial charge in [0.05, 0.1) is 11.4 Å². The maximum absolute atomic E-state index is 12.8. The summed E-state index contributed by atoms with van der Waals surface area (Å²) in [4.78, 5) is 37.4. The predicted molar refractivity (Wildman–Crippen MR) is 152 cm³/mol. The molecule has 0 radical (unpaired) electrons. The topological polar surface area (TPSA) is 123 Å². The molecule has 0 spiro atoms. The first kappa shape index (κ1) is 28.4. The minimum atomic E-state index is -1.12. The SMILES string of the molecule is Cc1c(NC(=O)OC(C)c2ccccc2Cl)c(-c2ccc(C(=O)NC(Cc3ccccc3)C(=O)O)cc2)nn1C. The van der Waals surface area contributed by atoms with Crippen LogP contribution in [0.3, 0.4) is 0 Å². The van der Waals surface area contributed by atoms with Crippen LogP contribution in [0.5, 0.6) is 0 Å². The zero-order valence-corrected chi connectivity index (χ0v) is 23.0. The van der Waals surface area contributed by atoms with Crippen LogP contribution in [-0.2, 0) is 23.0 Å². The van der Waals surface area contributed by atoms with Gasteiger partial charge < -0.3 is 15.2 Å². The lowest BCUT2D eigenvalue weighted by Gasteiger charge is -2.16. The number of carbonyl (C=O) groups is 3. The molecule has 10 heteroatoms. The third kappa shape index (κ3) is 6.68. The molecular formula is C30H29ClN4O5. The number of benzene rings is 3. The van der Waals surface area contributed by atoms with Crippen molar-refractivity contribution < 1.29 is 24.2 Å². The van der Waals surface area contributed by atoms with E-state index in [1.807, 2.05) is 43.3 Å². The molecule has 2 atom stereocenters. The van der Waals surface area contributed by atoms with Gasteiger partial charge in [0, 0.05) is 35.2 Å². The highest BCUT2D eigenvalue weighted by Crippen LogP contribution is 2.31. The smallest absolute Gasteiger partial charge is 0.412 e. The molecule has 0 aliphatic rings. The number of carbonyl (C=O) groups excluding carboxylic acids is 2. The Morgan fingerprint density at radius 1 is 1.00 bits per heavy atom. The summed E-state index contributed by atoms with van der Waals surface area (Å²) in [6.07, 6.45) is -1.09. The van der Waals surface area contributed by atoms with Crippen molar-refractivity contribution in [3.63, 3.8) is 0 Å². The number of carboxylic acid groups (broad SMARTS) is 1. The van der Waals surface area contributed by atoms with E-state index in [4.69, 9.17) is 16.3 Å². The number of rotatable bonds is 9. The minimum absolute atomic E-state index is 0.160. The van der Waals surface area contributed by atoms with E-state index in [2.05, 4.69) is 15.7 Å². The molecule has 0 aliphatic heterocycles. The van der Waals surface area contributed by atoms with Crippen molar-refractivity contribution in [2.75, 3.05) is 5.32 Å². The number of aliphatic carboxylic acids is 1. The van der Waals surface area contributed by atoms with Gasteiger partial charge in [0.1, 0.15) is 17.8 Å². The van der Waals surface area contributed by atoms with Gasteiger partial charge in [-0.1, -0.05) is 72.3 Å². The lowest BCUT2D eigenvalue weighted by atomic mass is 10.0. The summed E-state index contributed by atoms with van der Waals surface area (Å²) in [6.45, 7) is 3.54. The number of hydrogen-bond donors (Lipinski definition) is 3. The predicted octanol–water partition coefficient (Wildman–Crippen LogP) is 5.78. The van der Waals surface area contributed by atoms with Gasteiger partial charge >= 0.3 is 12.1 Å². The molecule has 2 unspecified atom stereocenters. The first-order chi connectivity index (χ1) is 19.1. The lowest BCUT2D eigenvalue weighted by molar-refractivity contribution is -0.139. The van der Waals surface area contributed by atoms with E-state index >= 15 is 0 Å². The quantitative estimate of drug-likeness (QED) is 0.238. The van der Waals surface area contributed by atoms with Gasteiger partial charge in [0.25, 0.3) is 5.91 Å². The van der Waals surface area contributed by atoms with Crippen molar-refractivity contribution in [2.24, 2.45) is 7.05 Å². The summed E-state index contributed by atoms with van der Waals surface area (Å²) >= 11 is 6.23. The van der Waals surface area contributed by atoms with Crippen LogP contribution in [0.2, 0.25) is 5.02 Å². The van der Waals surface area contributed by atoms with Gasteiger partial charge in [0.15, 0.2) is 0 Å². The number of nitrogens with one attached hydrogen (secondary N) is 2. The average Bonchev–Trinajstić information content (AvgIpc) is 3.21. The zero-order valence-electron chi connectivity index (χ0n) is 22.2. The molecule has 4 rings (SSSR count). The van der Waals surface area contributed by atoms with Crippen molar-refractivity contribution in [3.8, 4) is 11.3 Å². The summed E-state index contributed by atoms with van der Waals surface area (Å²) in [5.41, 5.74) is 4.07. The van der Waals surface area contributed by atoms with Crippen LogP contribution in [-0.4, -0.2) is 38.9 Å². The standard InChI is InChI=1S/C30H29ClN4O5/c1-18-26(33-30(39)40-19(2)23-11-7-8-12-24(23)31)27(34-35(18)3)21-13-15-22(16-14-21)28(36)32-25(29(37)38)17-20-9-5-4-6-10-20/h4-16,19,25H,17H2,1-3H3,(H,32,36)(H,33,39)(H,37,38). The van der Waals surface area contributed by atoms with E-state index in [0.717, 1.165) is 5.56 Å². The number of ether oxygens (including phenoxy) is 1. The van der Waals surface area contributed by atoms with E-state index in [1.54, 1.807) is 61.1 Å².